The Morgan fingerprint density at radius 1 is 0.653 bits per heavy atom. The molecule has 16 nitrogen and oxygen atoms in total. The highest BCUT2D eigenvalue weighted by Crippen LogP contribution is 2.55. The molecule has 0 aromatic carbocycles. The number of rotatable bonds is 14. The molecule has 5 aromatic heterocycles. The highest BCUT2D eigenvalue weighted by molar-refractivity contribution is 6.31. The molecule has 2 aliphatic heterocycles. The molecule has 7 heterocycles. The van der Waals surface area contributed by atoms with Crippen LogP contribution in [-0.2, 0) is 14.4 Å². The smallest absolute Gasteiger partial charge is 0.234 e. The van der Waals surface area contributed by atoms with Gasteiger partial charge in [-0.1, -0.05) is 35.9 Å². The predicted octanol–water partition coefficient (Wildman–Crippen LogP) is 11.5. The van der Waals surface area contributed by atoms with Crippen molar-refractivity contribution in [3.63, 3.8) is 0 Å². The van der Waals surface area contributed by atoms with Gasteiger partial charge in [0.1, 0.15) is 5.65 Å². The second kappa shape index (κ2) is 19.5. The Bertz CT molecular complexity index is 3380. The fourth-order valence-electron chi connectivity index (χ4n) is 11.6. The molecule has 0 radical (unpaired) electrons. The van der Waals surface area contributed by atoms with Crippen LogP contribution in [0.15, 0.2) is 117 Å². The van der Waals surface area contributed by atoms with E-state index in [2.05, 4.69) is 102 Å². The molecule has 17 heteroatoms. The maximum Gasteiger partial charge on any atom is 0.234 e. The number of halogens is 1. The molecule has 0 spiro atoms. The van der Waals surface area contributed by atoms with Crippen LogP contribution in [0.25, 0.3) is 5.65 Å². The van der Waals surface area contributed by atoms with Gasteiger partial charge < -0.3 is 20.4 Å². The van der Waals surface area contributed by atoms with Gasteiger partial charge in [-0.05, 0) is 163 Å². The number of aromatic nitrogens is 8. The highest BCUT2D eigenvalue weighted by atomic mass is 35.5. The molecule has 2 bridgehead atoms. The molecule has 3 saturated carbocycles. The summed E-state index contributed by atoms with van der Waals surface area (Å²) in [7, 11) is 0. The summed E-state index contributed by atoms with van der Waals surface area (Å²) >= 11 is 6.32. The minimum absolute atomic E-state index is 0.0991. The van der Waals surface area contributed by atoms with E-state index in [0.29, 0.717) is 51.8 Å². The van der Waals surface area contributed by atoms with E-state index in [-0.39, 0.29) is 35.5 Å². The minimum atomic E-state index is -0.487. The third kappa shape index (κ3) is 10.1. The largest absolute Gasteiger partial charge is 0.309 e. The first kappa shape index (κ1) is 48.7. The van der Waals surface area contributed by atoms with Crippen LogP contribution in [0.5, 0.6) is 0 Å². The highest BCUT2D eigenvalue weighted by Gasteiger charge is 2.44. The van der Waals surface area contributed by atoms with Crippen LogP contribution in [0.1, 0.15) is 144 Å². The van der Waals surface area contributed by atoms with Crippen LogP contribution in [0.4, 0.5) is 17.5 Å². The molecule has 0 saturated heterocycles. The monoisotopic (exact) mass is 1030 g/mol. The maximum absolute atomic E-state index is 13.8. The summed E-state index contributed by atoms with van der Waals surface area (Å²) in [5, 5.41) is 32.5. The molecular formula is C58H64ClN13O3. The molecule has 12 rings (SSSR count). The minimum Gasteiger partial charge on any atom is -0.309 e. The van der Waals surface area contributed by atoms with Crippen molar-refractivity contribution in [3.05, 3.63) is 140 Å². The number of amides is 3. The van der Waals surface area contributed by atoms with Gasteiger partial charge in [-0.3, -0.25) is 39.7 Å². The fraction of sp³-hybridized carbons (Fsp3) is 0.431. The van der Waals surface area contributed by atoms with Crippen molar-refractivity contribution in [2.75, 3.05) is 16.0 Å². The van der Waals surface area contributed by atoms with Crippen molar-refractivity contribution in [1.29, 1.82) is 0 Å². The van der Waals surface area contributed by atoms with Gasteiger partial charge in [0.05, 0.1) is 28.5 Å². The molecule has 5 aromatic rings. The number of nitrogens with one attached hydrogen (secondary N) is 6. The zero-order valence-electron chi connectivity index (χ0n) is 43.3. The fourth-order valence-corrected chi connectivity index (χ4v) is 11.8. The normalized spacial score (nSPS) is 26.8. The van der Waals surface area contributed by atoms with Gasteiger partial charge in [0.25, 0.3) is 0 Å². The Kier molecular flexibility index (Phi) is 12.7. The van der Waals surface area contributed by atoms with Gasteiger partial charge in [0, 0.05) is 94.2 Å². The lowest BCUT2D eigenvalue weighted by molar-refractivity contribution is -0.119. The van der Waals surface area contributed by atoms with Gasteiger partial charge in [0.15, 0.2) is 17.5 Å². The van der Waals surface area contributed by atoms with Crippen molar-refractivity contribution >= 4 is 63.8 Å². The van der Waals surface area contributed by atoms with Crippen LogP contribution in [0.2, 0.25) is 5.02 Å². The average molecular weight is 1030 g/mol. The molecule has 7 unspecified atom stereocenters. The average Bonchev–Trinajstić information content (AvgIpc) is 4.33. The molecule has 386 valence electrons. The third-order valence-electron chi connectivity index (χ3n) is 16.6. The van der Waals surface area contributed by atoms with E-state index in [9.17, 15) is 14.4 Å². The summed E-state index contributed by atoms with van der Waals surface area (Å²) in [5.74, 6) is 2.03. The van der Waals surface area contributed by atoms with Crippen LogP contribution in [0, 0.1) is 42.4 Å². The zero-order chi connectivity index (χ0) is 51.8. The van der Waals surface area contributed by atoms with E-state index in [4.69, 9.17) is 21.6 Å². The van der Waals surface area contributed by atoms with Crippen LogP contribution >= 0.6 is 11.6 Å². The summed E-state index contributed by atoms with van der Waals surface area (Å²) in [6.45, 7) is 11.9. The second-order valence-corrected chi connectivity index (χ2v) is 22.6. The SMILES string of the molecule is CC1=CC2=NC([C@H](C)C(=O)Nc3cc(C4CC4)[nH]n3)=CC(CCC=C1C1CC1c1cc(NC(=O)C(C)C3=CC4CC/C=C(C5CC5c5cc(NC(=O)[C@H](C)c6cn7cc(Cl)c(C)cc7n6)n[nH]5)\C(C)=C/C4=N3)n[nH]1)C2. The Morgan fingerprint density at radius 2 is 1.21 bits per heavy atom. The number of carbonyl (C=O) groups excluding carboxylic acids is 3. The number of H-pyrrole nitrogens is 3. The summed E-state index contributed by atoms with van der Waals surface area (Å²) in [5.41, 5.74) is 14.1. The van der Waals surface area contributed by atoms with E-state index < -0.39 is 17.8 Å². The molecule has 5 aliphatic carbocycles. The van der Waals surface area contributed by atoms with Crippen LogP contribution < -0.4 is 16.0 Å². The number of aryl methyl sites for hydroxylation is 1. The first-order chi connectivity index (χ1) is 36.2. The Hall–Kier alpha value is -7.20. The number of carbonyl (C=O) groups is 3. The Labute approximate surface area is 441 Å². The van der Waals surface area contributed by atoms with E-state index in [1.807, 2.05) is 68.8 Å². The molecule has 6 N–H and O–H groups in total. The first-order valence-corrected chi connectivity index (χ1v) is 27.2. The zero-order valence-corrected chi connectivity index (χ0v) is 44.1. The number of aliphatic imine (C=N–C) groups is 2. The summed E-state index contributed by atoms with van der Waals surface area (Å²) in [4.78, 5) is 55.2. The van der Waals surface area contributed by atoms with Crippen LogP contribution in [0.3, 0.4) is 0 Å². The molecule has 9 atom stereocenters. The van der Waals surface area contributed by atoms with E-state index in [1.54, 1.807) is 0 Å². The van der Waals surface area contributed by atoms with Gasteiger partial charge in [-0.2, -0.15) is 15.3 Å². The Balaban J connectivity index is 0.634. The van der Waals surface area contributed by atoms with E-state index in [0.717, 1.165) is 96.1 Å². The van der Waals surface area contributed by atoms with Crippen molar-refractivity contribution < 1.29 is 14.4 Å². The molecule has 7 aliphatic rings. The number of pyridine rings is 1. The first-order valence-electron chi connectivity index (χ1n) is 26.8. The number of allylic oxidation sites excluding steroid dienone is 10. The van der Waals surface area contributed by atoms with Crippen molar-refractivity contribution in [2.24, 2.45) is 45.5 Å². The number of hydrogen-bond donors (Lipinski definition) is 6. The summed E-state index contributed by atoms with van der Waals surface area (Å²) in [6.07, 6.45) is 26.1. The second-order valence-electron chi connectivity index (χ2n) is 22.2. The lowest BCUT2D eigenvalue weighted by Gasteiger charge is -2.22. The van der Waals surface area contributed by atoms with Gasteiger partial charge in [0.2, 0.25) is 17.7 Å². The summed E-state index contributed by atoms with van der Waals surface area (Å²) in [6, 6.07) is 7.79. The summed E-state index contributed by atoms with van der Waals surface area (Å²) < 4.78 is 1.84. The van der Waals surface area contributed by atoms with Crippen LogP contribution in [-0.4, -0.2) is 69.1 Å². The number of anilines is 3. The topological polar surface area (TPSA) is 215 Å². The molecule has 75 heavy (non-hydrogen) atoms. The third-order valence-corrected chi connectivity index (χ3v) is 17.0. The van der Waals surface area contributed by atoms with Crippen molar-refractivity contribution in [2.45, 2.75) is 123 Å². The van der Waals surface area contributed by atoms with Gasteiger partial charge in [-0.25, -0.2) is 4.98 Å². The number of fused-ring (bicyclic) bond motifs is 4. The lowest BCUT2D eigenvalue weighted by atomic mass is 9.89. The van der Waals surface area contributed by atoms with Gasteiger partial charge in [-0.15, -0.1) is 0 Å². The number of hydrogen-bond acceptors (Lipinski definition) is 9. The molecular weight excluding hydrogens is 962 g/mol. The lowest BCUT2D eigenvalue weighted by Crippen LogP contribution is -2.24. The van der Waals surface area contributed by atoms with Crippen molar-refractivity contribution in [3.8, 4) is 0 Å². The predicted molar refractivity (Wildman–Crippen MR) is 292 cm³/mol. The number of imidazole rings is 1. The number of aromatic amines is 3. The number of nitrogens with zero attached hydrogens (tertiary/aromatic N) is 7. The Morgan fingerprint density at radius 3 is 1.84 bits per heavy atom. The maximum atomic E-state index is 13.8. The quantitative estimate of drug-likeness (QED) is 0.0632. The molecule has 3 amide bonds. The van der Waals surface area contributed by atoms with Crippen molar-refractivity contribution in [1.82, 2.24) is 40.0 Å². The van der Waals surface area contributed by atoms with E-state index >= 15 is 0 Å². The standard InChI is InChI=1S/C58H64ClN13O3/c1-28-15-37-18-34(19-45(60-37)31(4)56(73)63-52-23-48(66-69-52)35-13-14-35)9-7-11-38(28)40-21-42(40)49-24-53(70-67-49)64-57(74)32(5)46-20-36-10-8-12-39(29(2)16-47(36)61-46)41-22-43(41)50-25-54(71-68-50)65-58(75)33(6)51-27-72-26-44(59)30(3)17-55(72)62-51/h11-12,15-17,19-20,23-27,31-36,40-43H,7-10,13-14,18,21-22H2,1-6H3,(H2,63,66,69,73)(H2,64,67,70,74)(H2,65,68,71,75)/b28-15?,29-16-,38-11?,39-12+/t31-,32?,33+,34?,36?,40?,41?,42?,43?/m0/s1. The molecule has 3 fully saturated rings. The van der Waals surface area contributed by atoms with E-state index in [1.165, 1.54) is 35.1 Å². The van der Waals surface area contributed by atoms with Gasteiger partial charge >= 0.3 is 0 Å².